The molecule has 1 fully saturated rings. The van der Waals surface area contributed by atoms with E-state index < -0.39 is 21.8 Å². The molecule has 0 atom stereocenters. The molecule has 0 aromatic carbocycles. The van der Waals surface area contributed by atoms with Crippen molar-refractivity contribution in [1.82, 2.24) is 14.7 Å². The number of carbonyl (C=O) groups is 2. The third-order valence-electron chi connectivity index (χ3n) is 4.04. The SMILES string of the molecule is CC(=O)C1CCN(c2ncc(S(=O)(=O)NC(=O)C(C)C)cn2)CC1. The van der Waals surface area contributed by atoms with Crippen LogP contribution in [-0.4, -0.2) is 43.2 Å². The van der Waals surface area contributed by atoms with Gasteiger partial charge in [-0.05, 0) is 19.8 Å². The van der Waals surface area contributed by atoms with Crippen LogP contribution in [0.3, 0.4) is 0 Å². The Bertz CT molecular complexity index is 707. The molecule has 0 aliphatic carbocycles. The van der Waals surface area contributed by atoms with Gasteiger partial charge in [0.15, 0.2) is 0 Å². The van der Waals surface area contributed by atoms with E-state index in [9.17, 15) is 18.0 Å². The highest BCUT2D eigenvalue weighted by Crippen LogP contribution is 2.21. The fourth-order valence-electron chi connectivity index (χ4n) is 2.41. The Balaban J connectivity index is 2.06. The molecule has 1 aliphatic rings. The van der Waals surface area contributed by atoms with Crippen molar-refractivity contribution < 1.29 is 18.0 Å². The lowest BCUT2D eigenvalue weighted by Crippen LogP contribution is -2.37. The van der Waals surface area contributed by atoms with Crippen LogP contribution in [0.5, 0.6) is 0 Å². The first-order valence-electron chi connectivity index (χ1n) is 7.85. The average Bonchev–Trinajstić information content (AvgIpc) is 2.54. The molecule has 0 spiro atoms. The molecule has 8 nitrogen and oxygen atoms in total. The topological polar surface area (TPSA) is 109 Å². The lowest BCUT2D eigenvalue weighted by Gasteiger charge is -2.30. The van der Waals surface area contributed by atoms with Crippen LogP contribution < -0.4 is 9.62 Å². The first-order chi connectivity index (χ1) is 11.2. The Morgan fingerprint density at radius 1 is 1.21 bits per heavy atom. The van der Waals surface area contributed by atoms with Gasteiger partial charge in [-0.15, -0.1) is 0 Å². The van der Waals surface area contributed by atoms with E-state index in [0.717, 1.165) is 12.8 Å². The summed E-state index contributed by atoms with van der Waals surface area (Å²) in [5, 5.41) is 0. The van der Waals surface area contributed by atoms with Gasteiger partial charge in [-0.2, -0.15) is 0 Å². The van der Waals surface area contributed by atoms with E-state index in [0.29, 0.717) is 19.0 Å². The summed E-state index contributed by atoms with van der Waals surface area (Å²) in [5.41, 5.74) is 0. The van der Waals surface area contributed by atoms with Crippen LogP contribution in [0.25, 0.3) is 0 Å². The summed E-state index contributed by atoms with van der Waals surface area (Å²) in [4.78, 5) is 32.9. The Kier molecular flexibility index (Phi) is 5.53. The summed E-state index contributed by atoms with van der Waals surface area (Å²) < 4.78 is 26.2. The fraction of sp³-hybridized carbons (Fsp3) is 0.600. The maximum Gasteiger partial charge on any atom is 0.267 e. The summed E-state index contributed by atoms with van der Waals surface area (Å²) in [6, 6.07) is 0. The quantitative estimate of drug-likeness (QED) is 0.830. The van der Waals surface area contributed by atoms with Crippen LogP contribution in [0.4, 0.5) is 5.95 Å². The molecule has 2 rings (SSSR count). The first-order valence-corrected chi connectivity index (χ1v) is 9.33. The highest BCUT2D eigenvalue weighted by molar-refractivity contribution is 7.90. The van der Waals surface area contributed by atoms with Gasteiger partial charge in [0.2, 0.25) is 11.9 Å². The number of carbonyl (C=O) groups excluding carboxylic acids is 2. The van der Waals surface area contributed by atoms with E-state index in [1.54, 1.807) is 20.8 Å². The molecular weight excluding hydrogens is 332 g/mol. The second-order valence-electron chi connectivity index (χ2n) is 6.22. The van der Waals surface area contributed by atoms with Gasteiger partial charge in [0.25, 0.3) is 10.0 Å². The van der Waals surface area contributed by atoms with Crippen LogP contribution >= 0.6 is 0 Å². The van der Waals surface area contributed by atoms with Crippen LogP contribution in [0.15, 0.2) is 17.3 Å². The summed E-state index contributed by atoms with van der Waals surface area (Å²) in [7, 11) is -3.96. The van der Waals surface area contributed by atoms with Gasteiger partial charge < -0.3 is 4.90 Å². The molecule has 1 aliphatic heterocycles. The van der Waals surface area contributed by atoms with Crippen LogP contribution in [0.2, 0.25) is 0 Å². The standard InChI is InChI=1S/C15H22N4O4S/c1-10(2)14(21)18-24(22,23)13-8-16-15(17-9-13)19-6-4-12(5-7-19)11(3)20/h8-10,12H,4-7H2,1-3H3,(H,18,21). The van der Waals surface area contributed by atoms with Crippen molar-refractivity contribution in [3.8, 4) is 0 Å². The number of amides is 1. The predicted molar refractivity (Wildman–Crippen MR) is 87.8 cm³/mol. The maximum atomic E-state index is 12.1. The van der Waals surface area contributed by atoms with Gasteiger partial charge in [-0.25, -0.2) is 23.1 Å². The van der Waals surface area contributed by atoms with E-state index in [2.05, 4.69) is 9.97 Å². The molecule has 132 valence electrons. The number of nitrogens with one attached hydrogen (secondary N) is 1. The molecule has 1 aromatic heterocycles. The number of Topliss-reactive ketones (excluding diaryl/α,β-unsaturated/α-hetero) is 1. The zero-order valence-electron chi connectivity index (χ0n) is 14.0. The summed E-state index contributed by atoms with van der Waals surface area (Å²) >= 11 is 0. The highest BCUT2D eigenvalue weighted by atomic mass is 32.2. The number of sulfonamides is 1. The summed E-state index contributed by atoms with van der Waals surface area (Å²) in [6.45, 7) is 6.12. The van der Waals surface area contributed by atoms with E-state index in [4.69, 9.17) is 0 Å². The largest absolute Gasteiger partial charge is 0.341 e. The Hall–Kier alpha value is -2.03. The third kappa shape index (κ3) is 4.28. The minimum atomic E-state index is -3.96. The van der Waals surface area contributed by atoms with Gasteiger partial charge in [0.1, 0.15) is 10.7 Å². The number of hydrogen-bond acceptors (Lipinski definition) is 7. The molecule has 1 amide bonds. The van der Waals surface area contributed by atoms with E-state index in [-0.39, 0.29) is 16.6 Å². The van der Waals surface area contributed by atoms with Gasteiger partial charge in [0.05, 0.1) is 12.4 Å². The zero-order valence-corrected chi connectivity index (χ0v) is 14.8. The number of rotatable bonds is 5. The van der Waals surface area contributed by atoms with Gasteiger partial charge in [-0.1, -0.05) is 13.8 Å². The number of nitrogens with zero attached hydrogens (tertiary/aromatic N) is 3. The van der Waals surface area contributed by atoms with Gasteiger partial charge in [0, 0.05) is 24.9 Å². The molecule has 2 heterocycles. The zero-order chi connectivity index (χ0) is 17.9. The molecule has 24 heavy (non-hydrogen) atoms. The average molecular weight is 354 g/mol. The van der Waals surface area contributed by atoms with Crippen LogP contribution in [0.1, 0.15) is 33.6 Å². The van der Waals surface area contributed by atoms with Crippen molar-refractivity contribution in [2.75, 3.05) is 18.0 Å². The van der Waals surface area contributed by atoms with Crippen molar-refractivity contribution in [2.45, 2.75) is 38.5 Å². The van der Waals surface area contributed by atoms with E-state index >= 15 is 0 Å². The molecule has 0 bridgehead atoms. The lowest BCUT2D eigenvalue weighted by molar-refractivity contribution is -0.122. The van der Waals surface area contributed by atoms with Crippen LogP contribution in [-0.2, 0) is 19.6 Å². The number of piperidine rings is 1. The van der Waals surface area contributed by atoms with Crippen molar-refractivity contribution in [1.29, 1.82) is 0 Å². The molecule has 1 saturated heterocycles. The molecule has 0 unspecified atom stereocenters. The number of aromatic nitrogens is 2. The second kappa shape index (κ2) is 7.25. The Labute approximate surface area is 141 Å². The molecular formula is C15H22N4O4S. The van der Waals surface area contributed by atoms with E-state index in [1.807, 2.05) is 9.62 Å². The fourth-order valence-corrected chi connectivity index (χ4v) is 3.41. The minimum Gasteiger partial charge on any atom is -0.341 e. The van der Waals surface area contributed by atoms with Crippen molar-refractivity contribution in [3.63, 3.8) is 0 Å². The third-order valence-corrected chi connectivity index (χ3v) is 5.34. The number of anilines is 1. The van der Waals surface area contributed by atoms with Crippen molar-refractivity contribution in [3.05, 3.63) is 12.4 Å². The van der Waals surface area contributed by atoms with Crippen molar-refractivity contribution >= 4 is 27.7 Å². The maximum absolute atomic E-state index is 12.1. The molecule has 0 saturated carbocycles. The normalized spacial score (nSPS) is 16.2. The van der Waals surface area contributed by atoms with Crippen molar-refractivity contribution in [2.24, 2.45) is 11.8 Å². The molecule has 0 radical (unpaired) electrons. The first kappa shape index (κ1) is 18.3. The minimum absolute atomic E-state index is 0.0761. The molecule has 1 N–H and O–H groups in total. The smallest absolute Gasteiger partial charge is 0.267 e. The molecule has 1 aromatic rings. The lowest BCUT2D eigenvalue weighted by atomic mass is 9.94. The van der Waals surface area contributed by atoms with Gasteiger partial charge in [-0.3, -0.25) is 9.59 Å². The van der Waals surface area contributed by atoms with Crippen LogP contribution in [0, 0.1) is 11.8 Å². The number of ketones is 1. The predicted octanol–water partition coefficient (Wildman–Crippen LogP) is 0.743. The monoisotopic (exact) mass is 354 g/mol. The molecule has 9 heteroatoms. The summed E-state index contributed by atoms with van der Waals surface area (Å²) in [5.74, 6) is -0.330. The second-order valence-corrected chi connectivity index (χ2v) is 7.90. The van der Waals surface area contributed by atoms with E-state index in [1.165, 1.54) is 12.4 Å². The van der Waals surface area contributed by atoms with Gasteiger partial charge >= 0.3 is 0 Å². The number of hydrogen-bond donors (Lipinski definition) is 1. The highest BCUT2D eigenvalue weighted by Gasteiger charge is 2.25. The Morgan fingerprint density at radius 3 is 2.21 bits per heavy atom. The Morgan fingerprint density at radius 2 is 1.75 bits per heavy atom. The summed E-state index contributed by atoms with van der Waals surface area (Å²) in [6.07, 6.45) is 3.86.